The Hall–Kier alpha value is -2.63. The summed E-state index contributed by atoms with van der Waals surface area (Å²) < 4.78 is 17.3. The first-order valence-corrected chi connectivity index (χ1v) is 8.45. The van der Waals surface area contributed by atoms with Crippen LogP contribution in [0.3, 0.4) is 0 Å². The quantitative estimate of drug-likeness (QED) is 0.735. The van der Waals surface area contributed by atoms with E-state index in [0.29, 0.717) is 12.5 Å². The average molecular weight is 336 g/mol. The van der Waals surface area contributed by atoms with Crippen molar-refractivity contribution in [1.82, 2.24) is 10.3 Å². The molecule has 4 rings (SSSR count). The standard InChI is InChI=1S/C20H20N2O3/c1-2-6-16(7-3-1)24-19-9-8-17(25-19)14-22-18-10-12-23-20(18)15-5-4-11-21-13-15/h1-9,11,13,18,20,22H,10,12,14H2/t18-,20+/m0/s1. The molecule has 3 aromatic rings. The van der Waals surface area contributed by atoms with Gasteiger partial charge in [-0.3, -0.25) is 4.98 Å². The number of ether oxygens (including phenoxy) is 2. The van der Waals surface area contributed by atoms with Crippen molar-refractivity contribution in [2.75, 3.05) is 6.61 Å². The number of rotatable bonds is 6. The third-order valence-corrected chi connectivity index (χ3v) is 4.24. The highest BCUT2D eigenvalue weighted by Crippen LogP contribution is 2.29. The van der Waals surface area contributed by atoms with Gasteiger partial charge in [0.2, 0.25) is 0 Å². The van der Waals surface area contributed by atoms with Crippen LogP contribution in [-0.2, 0) is 11.3 Å². The summed E-state index contributed by atoms with van der Waals surface area (Å²) in [5, 5.41) is 3.52. The highest BCUT2D eigenvalue weighted by atomic mass is 16.6. The molecule has 1 fully saturated rings. The molecule has 0 unspecified atom stereocenters. The molecule has 0 aliphatic carbocycles. The number of furan rings is 1. The van der Waals surface area contributed by atoms with Gasteiger partial charge in [0, 0.05) is 36.7 Å². The Labute approximate surface area is 146 Å². The molecule has 128 valence electrons. The zero-order valence-electron chi connectivity index (χ0n) is 13.8. The van der Waals surface area contributed by atoms with Crippen LogP contribution in [-0.4, -0.2) is 17.6 Å². The van der Waals surface area contributed by atoms with Crippen molar-refractivity contribution in [3.63, 3.8) is 0 Å². The smallest absolute Gasteiger partial charge is 0.290 e. The van der Waals surface area contributed by atoms with E-state index in [1.807, 2.05) is 54.7 Å². The Morgan fingerprint density at radius 2 is 2.00 bits per heavy atom. The Morgan fingerprint density at radius 3 is 2.84 bits per heavy atom. The molecule has 0 spiro atoms. The molecule has 5 nitrogen and oxygen atoms in total. The summed E-state index contributed by atoms with van der Waals surface area (Å²) in [4.78, 5) is 4.18. The van der Waals surface area contributed by atoms with Crippen LogP contribution in [0.2, 0.25) is 0 Å². The summed E-state index contributed by atoms with van der Waals surface area (Å²) in [5.74, 6) is 2.09. The second-order valence-electron chi connectivity index (χ2n) is 5.99. The van der Waals surface area contributed by atoms with Crippen LogP contribution in [0, 0.1) is 0 Å². The van der Waals surface area contributed by atoms with Crippen molar-refractivity contribution >= 4 is 0 Å². The lowest BCUT2D eigenvalue weighted by Gasteiger charge is -2.19. The monoisotopic (exact) mass is 336 g/mol. The molecule has 0 saturated carbocycles. The summed E-state index contributed by atoms with van der Waals surface area (Å²) >= 11 is 0. The van der Waals surface area contributed by atoms with Gasteiger partial charge in [-0.2, -0.15) is 0 Å². The first-order valence-electron chi connectivity index (χ1n) is 8.45. The number of nitrogens with zero attached hydrogens (tertiary/aromatic N) is 1. The maximum atomic E-state index is 5.87. The van der Waals surface area contributed by atoms with E-state index >= 15 is 0 Å². The Bertz CT molecular complexity index is 789. The van der Waals surface area contributed by atoms with E-state index in [-0.39, 0.29) is 12.1 Å². The van der Waals surface area contributed by atoms with Gasteiger partial charge in [0.05, 0.1) is 12.6 Å². The molecule has 1 aromatic carbocycles. The number of nitrogens with one attached hydrogen (secondary N) is 1. The predicted molar refractivity (Wildman–Crippen MR) is 93.4 cm³/mol. The zero-order valence-corrected chi connectivity index (χ0v) is 13.8. The molecule has 2 aromatic heterocycles. The molecule has 1 aliphatic rings. The predicted octanol–water partition coefficient (Wildman–Crippen LogP) is 4.09. The molecule has 1 aliphatic heterocycles. The molecule has 2 atom stereocenters. The van der Waals surface area contributed by atoms with E-state index in [9.17, 15) is 0 Å². The lowest BCUT2D eigenvalue weighted by atomic mass is 10.0. The van der Waals surface area contributed by atoms with Crippen molar-refractivity contribution in [2.24, 2.45) is 0 Å². The van der Waals surface area contributed by atoms with Gasteiger partial charge in [-0.1, -0.05) is 24.3 Å². The van der Waals surface area contributed by atoms with Gasteiger partial charge in [-0.05, 0) is 30.7 Å². The first-order chi connectivity index (χ1) is 12.4. The molecular weight excluding hydrogens is 316 g/mol. The number of para-hydroxylation sites is 1. The van der Waals surface area contributed by atoms with Crippen LogP contribution in [0.5, 0.6) is 11.7 Å². The number of hydrogen-bond donors (Lipinski definition) is 1. The van der Waals surface area contributed by atoms with Gasteiger partial charge >= 0.3 is 0 Å². The van der Waals surface area contributed by atoms with E-state index in [0.717, 1.165) is 30.1 Å². The van der Waals surface area contributed by atoms with Crippen molar-refractivity contribution in [3.05, 3.63) is 78.3 Å². The van der Waals surface area contributed by atoms with E-state index in [1.54, 1.807) is 6.20 Å². The number of benzene rings is 1. The maximum Gasteiger partial charge on any atom is 0.290 e. The van der Waals surface area contributed by atoms with Gasteiger partial charge in [0.25, 0.3) is 5.95 Å². The minimum absolute atomic E-state index is 0.0312. The van der Waals surface area contributed by atoms with Crippen LogP contribution in [0.15, 0.2) is 71.4 Å². The van der Waals surface area contributed by atoms with Gasteiger partial charge in [0.15, 0.2) is 0 Å². The Kier molecular flexibility index (Phi) is 4.77. The van der Waals surface area contributed by atoms with Crippen molar-refractivity contribution in [1.29, 1.82) is 0 Å². The summed E-state index contributed by atoms with van der Waals surface area (Å²) in [7, 11) is 0. The molecular formula is C20H20N2O3. The third-order valence-electron chi connectivity index (χ3n) is 4.24. The van der Waals surface area contributed by atoms with Crippen LogP contribution < -0.4 is 10.1 Å². The molecule has 0 amide bonds. The van der Waals surface area contributed by atoms with E-state index in [4.69, 9.17) is 13.9 Å². The lowest BCUT2D eigenvalue weighted by Crippen LogP contribution is -2.31. The summed E-state index contributed by atoms with van der Waals surface area (Å²) in [5.41, 5.74) is 1.10. The second kappa shape index (κ2) is 7.51. The van der Waals surface area contributed by atoms with Gasteiger partial charge in [-0.15, -0.1) is 0 Å². The Balaban J connectivity index is 1.35. The topological polar surface area (TPSA) is 56.5 Å². The van der Waals surface area contributed by atoms with Gasteiger partial charge in [0.1, 0.15) is 11.5 Å². The number of hydrogen-bond acceptors (Lipinski definition) is 5. The lowest BCUT2D eigenvalue weighted by molar-refractivity contribution is 0.0978. The number of aromatic nitrogens is 1. The molecule has 1 N–H and O–H groups in total. The van der Waals surface area contributed by atoms with Crippen LogP contribution in [0.4, 0.5) is 0 Å². The molecule has 1 saturated heterocycles. The number of pyridine rings is 1. The highest BCUT2D eigenvalue weighted by molar-refractivity contribution is 5.26. The molecule has 5 heteroatoms. The largest absolute Gasteiger partial charge is 0.429 e. The van der Waals surface area contributed by atoms with Crippen LogP contribution >= 0.6 is 0 Å². The molecule has 0 bridgehead atoms. The van der Waals surface area contributed by atoms with Crippen molar-refractivity contribution < 1.29 is 13.9 Å². The van der Waals surface area contributed by atoms with Crippen LogP contribution in [0.1, 0.15) is 23.8 Å². The van der Waals surface area contributed by atoms with Gasteiger partial charge in [-0.25, -0.2) is 0 Å². The van der Waals surface area contributed by atoms with Crippen molar-refractivity contribution in [2.45, 2.75) is 25.1 Å². The normalized spacial score (nSPS) is 19.8. The molecule has 0 radical (unpaired) electrons. The summed E-state index contributed by atoms with van der Waals surface area (Å²) in [6.07, 6.45) is 4.64. The fraction of sp³-hybridized carbons (Fsp3) is 0.250. The summed E-state index contributed by atoms with van der Waals surface area (Å²) in [6, 6.07) is 17.6. The summed E-state index contributed by atoms with van der Waals surface area (Å²) in [6.45, 7) is 1.38. The first kappa shape index (κ1) is 15.9. The minimum atomic E-state index is 0.0312. The minimum Gasteiger partial charge on any atom is -0.429 e. The SMILES string of the molecule is c1ccc(Oc2ccc(CN[C@H]3CCO[C@@H]3c3cccnc3)o2)cc1. The second-order valence-corrected chi connectivity index (χ2v) is 5.99. The zero-order chi connectivity index (χ0) is 16.9. The van der Waals surface area contributed by atoms with Crippen LogP contribution in [0.25, 0.3) is 0 Å². The third kappa shape index (κ3) is 3.90. The Morgan fingerprint density at radius 1 is 1.08 bits per heavy atom. The fourth-order valence-corrected chi connectivity index (χ4v) is 3.02. The van der Waals surface area contributed by atoms with E-state index in [1.165, 1.54) is 0 Å². The molecule has 25 heavy (non-hydrogen) atoms. The molecule has 3 heterocycles. The van der Waals surface area contributed by atoms with Gasteiger partial charge < -0.3 is 19.2 Å². The fourth-order valence-electron chi connectivity index (χ4n) is 3.02. The van der Waals surface area contributed by atoms with Crippen molar-refractivity contribution in [3.8, 4) is 11.7 Å². The average Bonchev–Trinajstić information content (AvgIpc) is 3.31. The highest BCUT2D eigenvalue weighted by Gasteiger charge is 2.29. The van der Waals surface area contributed by atoms with E-state index in [2.05, 4.69) is 16.4 Å². The maximum absolute atomic E-state index is 5.87. The van der Waals surface area contributed by atoms with E-state index < -0.39 is 0 Å².